The second-order valence-corrected chi connectivity index (χ2v) is 4.25. The van der Waals surface area contributed by atoms with Crippen molar-refractivity contribution in [2.24, 2.45) is 0 Å². The van der Waals surface area contributed by atoms with Crippen LogP contribution < -0.4 is 0 Å². The van der Waals surface area contributed by atoms with E-state index in [1.54, 1.807) is 11.0 Å². The van der Waals surface area contributed by atoms with Gasteiger partial charge in [-0.2, -0.15) is 0 Å². The SMILES string of the molecule is CCN(CC)C(=O)C=C(C)CCC=C(C)CO. The van der Waals surface area contributed by atoms with E-state index < -0.39 is 0 Å². The maximum atomic E-state index is 11.8. The van der Waals surface area contributed by atoms with Crippen LogP contribution in [0.2, 0.25) is 0 Å². The summed E-state index contributed by atoms with van der Waals surface area (Å²) < 4.78 is 0. The fraction of sp³-hybridized carbons (Fsp3) is 0.643. The summed E-state index contributed by atoms with van der Waals surface area (Å²) in [6.45, 7) is 9.46. The lowest BCUT2D eigenvalue weighted by molar-refractivity contribution is -0.125. The van der Waals surface area contributed by atoms with Gasteiger partial charge in [0.15, 0.2) is 0 Å². The molecule has 0 aliphatic heterocycles. The number of hydrogen-bond acceptors (Lipinski definition) is 2. The molecule has 0 heterocycles. The maximum Gasteiger partial charge on any atom is 0.246 e. The first-order valence-electron chi connectivity index (χ1n) is 6.27. The van der Waals surface area contributed by atoms with Crippen molar-refractivity contribution in [3.63, 3.8) is 0 Å². The topological polar surface area (TPSA) is 40.5 Å². The number of allylic oxidation sites excluding steroid dienone is 2. The molecule has 0 aliphatic carbocycles. The molecule has 0 atom stereocenters. The summed E-state index contributed by atoms with van der Waals surface area (Å²) in [4.78, 5) is 13.6. The fourth-order valence-electron chi connectivity index (χ4n) is 1.52. The highest BCUT2D eigenvalue weighted by Gasteiger charge is 2.05. The number of amides is 1. The number of carbonyl (C=O) groups excluding carboxylic acids is 1. The van der Waals surface area contributed by atoms with E-state index in [0.717, 1.165) is 37.1 Å². The van der Waals surface area contributed by atoms with Crippen LogP contribution in [0.1, 0.15) is 40.5 Å². The smallest absolute Gasteiger partial charge is 0.246 e. The predicted octanol–water partition coefficient (Wildman–Crippen LogP) is 2.52. The molecule has 0 aromatic heterocycles. The molecule has 0 aromatic carbocycles. The zero-order chi connectivity index (χ0) is 13.3. The van der Waals surface area contributed by atoms with Gasteiger partial charge in [0.05, 0.1) is 6.61 Å². The molecule has 98 valence electrons. The van der Waals surface area contributed by atoms with Crippen molar-refractivity contribution < 1.29 is 9.90 Å². The summed E-state index contributed by atoms with van der Waals surface area (Å²) in [7, 11) is 0. The summed E-state index contributed by atoms with van der Waals surface area (Å²) >= 11 is 0. The molecule has 17 heavy (non-hydrogen) atoms. The molecular weight excluding hydrogens is 214 g/mol. The van der Waals surface area contributed by atoms with E-state index >= 15 is 0 Å². The third-order valence-corrected chi connectivity index (χ3v) is 2.73. The summed E-state index contributed by atoms with van der Waals surface area (Å²) in [5, 5.41) is 8.84. The second kappa shape index (κ2) is 8.99. The Bertz CT molecular complexity index is 289. The molecule has 0 aromatic rings. The molecule has 3 nitrogen and oxygen atoms in total. The highest BCUT2D eigenvalue weighted by atomic mass is 16.3. The van der Waals surface area contributed by atoms with Gasteiger partial charge >= 0.3 is 0 Å². The fourth-order valence-corrected chi connectivity index (χ4v) is 1.52. The van der Waals surface area contributed by atoms with Crippen LogP contribution in [0, 0.1) is 0 Å². The molecule has 0 aliphatic rings. The Kier molecular flexibility index (Phi) is 8.42. The average Bonchev–Trinajstić information content (AvgIpc) is 2.30. The van der Waals surface area contributed by atoms with Crippen LogP contribution in [0.25, 0.3) is 0 Å². The van der Waals surface area contributed by atoms with Crippen molar-refractivity contribution in [3.05, 3.63) is 23.3 Å². The highest BCUT2D eigenvalue weighted by molar-refractivity contribution is 5.88. The molecule has 1 N–H and O–H groups in total. The van der Waals surface area contributed by atoms with Crippen molar-refractivity contribution in [3.8, 4) is 0 Å². The van der Waals surface area contributed by atoms with Gasteiger partial charge in [-0.05, 0) is 40.5 Å². The lowest BCUT2D eigenvalue weighted by Gasteiger charge is -2.16. The van der Waals surface area contributed by atoms with Crippen LogP contribution in [0.5, 0.6) is 0 Å². The van der Waals surface area contributed by atoms with E-state index in [2.05, 4.69) is 0 Å². The Labute approximate surface area is 105 Å². The van der Waals surface area contributed by atoms with Crippen LogP contribution in [-0.4, -0.2) is 35.6 Å². The number of aliphatic hydroxyl groups is 1. The normalized spacial score (nSPS) is 12.8. The zero-order valence-corrected chi connectivity index (χ0v) is 11.5. The lowest BCUT2D eigenvalue weighted by Crippen LogP contribution is -2.28. The number of carbonyl (C=O) groups is 1. The Morgan fingerprint density at radius 2 is 1.76 bits per heavy atom. The van der Waals surface area contributed by atoms with Crippen molar-refractivity contribution >= 4 is 5.91 Å². The standard InChI is InChI=1S/C14H25NO2/c1-5-15(6-2)14(17)10-12(3)8-7-9-13(4)11-16/h9-10,16H,5-8,11H2,1-4H3. The largest absolute Gasteiger partial charge is 0.392 e. The minimum Gasteiger partial charge on any atom is -0.392 e. The van der Waals surface area contributed by atoms with Crippen molar-refractivity contribution in [2.45, 2.75) is 40.5 Å². The van der Waals surface area contributed by atoms with E-state index in [1.807, 2.05) is 33.8 Å². The van der Waals surface area contributed by atoms with E-state index in [1.165, 1.54) is 0 Å². The minimum absolute atomic E-state index is 0.0929. The van der Waals surface area contributed by atoms with Gasteiger partial charge in [0.1, 0.15) is 0 Å². The molecule has 0 fully saturated rings. The van der Waals surface area contributed by atoms with Gasteiger partial charge in [0.2, 0.25) is 5.91 Å². The Balaban J connectivity index is 4.21. The average molecular weight is 239 g/mol. The number of rotatable bonds is 7. The summed E-state index contributed by atoms with van der Waals surface area (Å²) in [6.07, 6.45) is 5.47. The van der Waals surface area contributed by atoms with E-state index in [0.29, 0.717) is 0 Å². The summed E-state index contributed by atoms with van der Waals surface area (Å²) in [5.41, 5.74) is 2.07. The second-order valence-electron chi connectivity index (χ2n) is 4.25. The van der Waals surface area contributed by atoms with Crippen molar-refractivity contribution in [2.75, 3.05) is 19.7 Å². The van der Waals surface area contributed by atoms with Gasteiger partial charge in [-0.25, -0.2) is 0 Å². The van der Waals surface area contributed by atoms with Gasteiger partial charge in [-0.3, -0.25) is 4.79 Å². The molecule has 0 rings (SSSR count). The van der Waals surface area contributed by atoms with Crippen LogP contribution >= 0.6 is 0 Å². The third kappa shape index (κ3) is 6.95. The molecule has 0 spiro atoms. The summed E-state index contributed by atoms with van der Waals surface area (Å²) in [6, 6.07) is 0. The first-order valence-corrected chi connectivity index (χ1v) is 6.27. The first-order chi connectivity index (χ1) is 8.04. The molecule has 3 heteroatoms. The monoisotopic (exact) mass is 239 g/mol. The zero-order valence-electron chi connectivity index (χ0n) is 11.5. The van der Waals surface area contributed by atoms with Gasteiger partial charge < -0.3 is 10.0 Å². The molecular formula is C14H25NO2. The number of likely N-dealkylation sites (N-methyl/N-ethyl adjacent to an activating group) is 1. The summed E-state index contributed by atoms with van der Waals surface area (Å²) in [5.74, 6) is 0.0929. The Morgan fingerprint density at radius 3 is 2.24 bits per heavy atom. The Morgan fingerprint density at radius 1 is 1.18 bits per heavy atom. The highest BCUT2D eigenvalue weighted by Crippen LogP contribution is 2.07. The number of nitrogens with zero attached hydrogens (tertiary/aromatic N) is 1. The number of aliphatic hydroxyl groups excluding tert-OH is 1. The molecule has 0 saturated heterocycles. The van der Waals surface area contributed by atoms with Gasteiger partial charge in [0, 0.05) is 19.2 Å². The van der Waals surface area contributed by atoms with Crippen LogP contribution in [-0.2, 0) is 4.79 Å². The van der Waals surface area contributed by atoms with Gasteiger partial charge in [-0.15, -0.1) is 0 Å². The van der Waals surface area contributed by atoms with Crippen molar-refractivity contribution in [1.29, 1.82) is 0 Å². The maximum absolute atomic E-state index is 11.8. The van der Waals surface area contributed by atoms with E-state index in [-0.39, 0.29) is 12.5 Å². The molecule has 1 amide bonds. The van der Waals surface area contributed by atoms with E-state index in [9.17, 15) is 4.79 Å². The van der Waals surface area contributed by atoms with Gasteiger partial charge in [-0.1, -0.05) is 17.2 Å². The molecule has 0 radical (unpaired) electrons. The predicted molar refractivity (Wildman–Crippen MR) is 71.8 cm³/mol. The van der Waals surface area contributed by atoms with Crippen molar-refractivity contribution in [1.82, 2.24) is 4.90 Å². The third-order valence-electron chi connectivity index (χ3n) is 2.73. The first kappa shape index (κ1) is 15.9. The van der Waals surface area contributed by atoms with Gasteiger partial charge in [0.25, 0.3) is 0 Å². The number of hydrogen-bond donors (Lipinski definition) is 1. The minimum atomic E-state index is 0.0929. The van der Waals surface area contributed by atoms with Crippen LogP contribution in [0.15, 0.2) is 23.3 Å². The quantitative estimate of drug-likeness (QED) is 0.548. The van der Waals surface area contributed by atoms with E-state index in [4.69, 9.17) is 5.11 Å². The lowest BCUT2D eigenvalue weighted by atomic mass is 10.1. The molecule has 0 bridgehead atoms. The molecule has 0 unspecified atom stereocenters. The molecule has 0 saturated carbocycles. The van der Waals surface area contributed by atoms with Crippen LogP contribution in [0.3, 0.4) is 0 Å². The van der Waals surface area contributed by atoms with Crippen LogP contribution in [0.4, 0.5) is 0 Å². The Hall–Kier alpha value is -1.09.